The van der Waals surface area contributed by atoms with Crippen molar-refractivity contribution in [2.24, 2.45) is 4.99 Å². The van der Waals surface area contributed by atoms with Crippen molar-refractivity contribution in [2.75, 3.05) is 13.7 Å². The molecule has 0 saturated carbocycles. The van der Waals surface area contributed by atoms with E-state index in [1.54, 1.807) is 44.4 Å². The summed E-state index contributed by atoms with van der Waals surface area (Å²) in [6.45, 7) is 4.34. The molecule has 0 radical (unpaired) electrons. The van der Waals surface area contributed by atoms with Crippen LogP contribution in [0.4, 0.5) is 0 Å². The molecule has 4 aromatic carbocycles. The van der Waals surface area contributed by atoms with Crippen molar-refractivity contribution >= 4 is 23.4 Å². The quantitative estimate of drug-likeness (QED) is 0.182. The van der Waals surface area contributed by atoms with Crippen molar-refractivity contribution in [3.05, 3.63) is 150 Å². The molecule has 0 fully saturated rings. The van der Waals surface area contributed by atoms with Crippen LogP contribution in [-0.2, 0) is 22.7 Å². The van der Waals surface area contributed by atoms with Crippen LogP contribution in [-0.4, -0.2) is 29.4 Å². The Hall–Kier alpha value is -5.61. The number of methoxy groups -OCH3 is 1. The Labute approximate surface area is 281 Å². The van der Waals surface area contributed by atoms with Crippen LogP contribution >= 0.6 is 11.3 Å². The molecular weight excluding hydrogens is 628 g/mol. The van der Waals surface area contributed by atoms with Crippen LogP contribution in [0.2, 0.25) is 0 Å². The summed E-state index contributed by atoms with van der Waals surface area (Å²) in [4.78, 5) is 33.2. The highest BCUT2D eigenvalue weighted by atomic mass is 32.1. The van der Waals surface area contributed by atoms with Gasteiger partial charge in [0.25, 0.3) is 5.56 Å². The maximum absolute atomic E-state index is 14.2. The molecule has 6 rings (SSSR count). The minimum Gasteiger partial charge on any atom is -0.504 e. The van der Waals surface area contributed by atoms with Gasteiger partial charge in [0.05, 0.1) is 35.6 Å². The first-order valence-electron chi connectivity index (χ1n) is 15.4. The molecule has 0 bridgehead atoms. The predicted molar refractivity (Wildman–Crippen MR) is 183 cm³/mol. The number of aromatic hydroxyl groups is 1. The van der Waals surface area contributed by atoms with Crippen LogP contribution < -0.4 is 29.1 Å². The van der Waals surface area contributed by atoms with E-state index in [1.165, 1.54) is 22.0 Å². The second kappa shape index (κ2) is 14.4. The molecular formula is C38H34N2O7S. The highest BCUT2D eigenvalue weighted by Gasteiger charge is 2.34. The number of carbonyl (C=O) groups excluding carboxylic acids is 1. The second-order valence-corrected chi connectivity index (χ2v) is 12.0. The lowest BCUT2D eigenvalue weighted by Crippen LogP contribution is -2.39. The zero-order valence-corrected chi connectivity index (χ0v) is 27.5. The summed E-state index contributed by atoms with van der Waals surface area (Å²) in [5.41, 5.74) is 3.47. The van der Waals surface area contributed by atoms with Gasteiger partial charge < -0.3 is 24.1 Å². The molecule has 1 N–H and O–H groups in total. The minimum absolute atomic E-state index is 0.00915. The second-order valence-electron chi connectivity index (χ2n) is 11.0. The topological polar surface area (TPSA) is 109 Å². The first-order chi connectivity index (χ1) is 23.4. The number of phenolic OH excluding ortho intramolecular Hbond substituents is 1. The fraction of sp³-hybridized carbons (Fsp3) is 0.184. The molecule has 5 aromatic rings. The largest absolute Gasteiger partial charge is 0.504 e. The average Bonchev–Trinajstić information content (AvgIpc) is 3.41. The number of esters is 1. The highest BCUT2D eigenvalue weighted by Crippen LogP contribution is 2.37. The standard InChI is InChI=1S/C38H34N2O7S/c1-4-45-31-19-27(15-17-29(31)41)20-33-36(42)40-35(28-16-18-30(32(21-28)44-3)46-22-25-11-7-5-8-12-25)34(24(2)39-38(40)48-33)37(43)47-23-26-13-9-6-10-14-26/h5-21,35,41H,4,22-23H2,1-3H3/b33-20-. The SMILES string of the molecule is CCOc1cc(/C=c2\sc3n(c2=O)C(c2ccc(OCc4ccccc4)c(OC)c2)C(C(=O)OCc2ccccc2)=C(C)N=3)ccc1O. The first kappa shape index (κ1) is 32.3. The number of thiazole rings is 1. The number of hydrogen-bond acceptors (Lipinski definition) is 9. The normalized spacial score (nSPS) is 14.2. The fourth-order valence-corrected chi connectivity index (χ4v) is 6.50. The molecule has 0 amide bonds. The summed E-state index contributed by atoms with van der Waals surface area (Å²) in [5.74, 6) is 0.712. The molecule has 10 heteroatoms. The summed E-state index contributed by atoms with van der Waals surface area (Å²) < 4.78 is 25.1. The van der Waals surface area contributed by atoms with Crippen LogP contribution in [0.1, 0.15) is 42.1 Å². The predicted octanol–water partition coefficient (Wildman–Crippen LogP) is 5.67. The van der Waals surface area contributed by atoms with E-state index in [0.717, 1.165) is 11.1 Å². The summed E-state index contributed by atoms with van der Waals surface area (Å²) in [7, 11) is 1.55. The van der Waals surface area contributed by atoms with E-state index in [-0.39, 0.29) is 23.5 Å². The molecule has 0 spiro atoms. The van der Waals surface area contributed by atoms with E-state index in [4.69, 9.17) is 23.9 Å². The minimum atomic E-state index is -0.859. The van der Waals surface area contributed by atoms with E-state index in [1.807, 2.05) is 73.7 Å². The molecule has 0 saturated heterocycles. The van der Waals surface area contributed by atoms with Crippen LogP contribution in [0.5, 0.6) is 23.0 Å². The summed E-state index contributed by atoms with van der Waals surface area (Å²) in [6, 6.07) is 28.6. The third-order valence-electron chi connectivity index (χ3n) is 7.78. The molecule has 1 aliphatic rings. The zero-order valence-electron chi connectivity index (χ0n) is 26.7. The molecule has 244 valence electrons. The van der Waals surface area contributed by atoms with Gasteiger partial charge in [-0.3, -0.25) is 9.36 Å². The van der Waals surface area contributed by atoms with Gasteiger partial charge in [-0.2, -0.15) is 0 Å². The first-order valence-corrected chi connectivity index (χ1v) is 16.2. The number of nitrogens with zero attached hydrogens (tertiary/aromatic N) is 2. The number of fused-ring (bicyclic) bond motifs is 1. The number of carbonyl (C=O) groups is 1. The average molecular weight is 663 g/mol. The number of ether oxygens (including phenoxy) is 4. The fourth-order valence-electron chi connectivity index (χ4n) is 5.45. The Balaban J connectivity index is 1.43. The zero-order chi connectivity index (χ0) is 33.6. The van der Waals surface area contributed by atoms with Crippen molar-refractivity contribution in [2.45, 2.75) is 33.1 Å². The summed E-state index contributed by atoms with van der Waals surface area (Å²) in [5, 5.41) is 10.2. The van der Waals surface area contributed by atoms with E-state index in [2.05, 4.69) is 0 Å². The Morgan fingerprint density at radius 1 is 0.896 bits per heavy atom. The van der Waals surface area contributed by atoms with Gasteiger partial charge in [0.15, 0.2) is 27.8 Å². The molecule has 9 nitrogen and oxygen atoms in total. The number of benzene rings is 4. The van der Waals surface area contributed by atoms with E-state index in [9.17, 15) is 14.7 Å². The van der Waals surface area contributed by atoms with E-state index in [0.29, 0.717) is 56.6 Å². The van der Waals surface area contributed by atoms with E-state index < -0.39 is 12.0 Å². The molecule has 1 aliphatic heterocycles. The summed E-state index contributed by atoms with van der Waals surface area (Å²) in [6.07, 6.45) is 1.72. The maximum atomic E-state index is 14.2. The summed E-state index contributed by atoms with van der Waals surface area (Å²) >= 11 is 1.21. The van der Waals surface area contributed by atoms with Crippen LogP contribution in [0.15, 0.2) is 118 Å². The Kier molecular flexibility index (Phi) is 9.73. The molecule has 2 heterocycles. The number of rotatable bonds is 11. The molecule has 0 aliphatic carbocycles. The monoisotopic (exact) mass is 662 g/mol. The molecule has 1 unspecified atom stereocenters. The van der Waals surface area contributed by atoms with Gasteiger partial charge in [-0.25, -0.2) is 9.79 Å². The molecule has 48 heavy (non-hydrogen) atoms. The highest BCUT2D eigenvalue weighted by molar-refractivity contribution is 7.07. The van der Waals surface area contributed by atoms with Gasteiger partial charge in [0.2, 0.25) is 0 Å². The number of allylic oxidation sites excluding steroid dienone is 1. The van der Waals surface area contributed by atoms with Crippen LogP contribution in [0.3, 0.4) is 0 Å². The van der Waals surface area contributed by atoms with E-state index >= 15 is 0 Å². The van der Waals surface area contributed by atoms with Gasteiger partial charge in [0, 0.05) is 0 Å². The van der Waals surface area contributed by atoms with Gasteiger partial charge in [-0.1, -0.05) is 84.1 Å². The maximum Gasteiger partial charge on any atom is 0.338 e. The number of hydrogen-bond donors (Lipinski definition) is 1. The third kappa shape index (κ3) is 6.89. The van der Waals surface area contributed by atoms with Gasteiger partial charge in [0.1, 0.15) is 13.2 Å². The Morgan fingerprint density at radius 3 is 2.29 bits per heavy atom. The third-order valence-corrected chi connectivity index (χ3v) is 8.76. The Bertz CT molecular complexity index is 2160. The van der Waals surface area contributed by atoms with Crippen molar-refractivity contribution in [3.63, 3.8) is 0 Å². The smallest absolute Gasteiger partial charge is 0.338 e. The molecule has 1 aromatic heterocycles. The van der Waals surface area contributed by atoms with Gasteiger partial charge in [-0.15, -0.1) is 0 Å². The number of phenols is 1. The van der Waals surface area contributed by atoms with Crippen LogP contribution in [0, 0.1) is 0 Å². The Morgan fingerprint density at radius 2 is 1.60 bits per heavy atom. The lowest BCUT2D eigenvalue weighted by molar-refractivity contribution is -0.140. The van der Waals surface area contributed by atoms with Gasteiger partial charge >= 0.3 is 5.97 Å². The van der Waals surface area contributed by atoms with Crippen molar-refractivity contribution < 1.29 is 28.8 Å². The number of aromatic nitrogens is 1. The van der Waals surface area contributed by atoms with Crippen molar-refractivity contribution in [1.82, 2.24) is 4.57 Å². The van der Waals surface area contributed by atoms with Gasteiger partial charge in [-0.05, 0) is 66.4 Å². The lowest BCUT2D eigenvalue weighted by atomic mass is 9.95. The van der Waals surface area contributed by atoms with Crippen LogP contribution in [0.25, 0.3) is 6.08 Å². The lowest BCUT2D eigenvalue weighted by Gasteiger charge is -2.25. The van der Waals surface area contributed by atoms with Crippen molar-refractivity contribution in [1.29, 1.82) is 0 Å². The molecule has 1 atom stereocenters. The van der Waals surface area contributed by atoms with Crippen molar-refractivity contribution in [3.8, 4) is 23.0 Å².